The predicted molar refractivity (Wildman–Crippen MR) is 102 cm³/mol. The average molecular weight is 358 g/mol. The van der Waals surface area contributed by atoms with Gasteiger partial charge in [0.25, 0.3) is 0 Å². The molecule has 3 rings (SSSR count). The van der Waals surface area contributed by atoms with Crippen LogP contribution in [0, 0.1) is 0 Å². The van der Waals surface area contributed by atoms with Gasteiger partial charge in [-0.1, -0.05) is 43.2 Å². The minimum Gasteiger partial charge on any atom is -0.335 e. The van der Waals surface area contributed by atoms with Gasteiger partial charge < -0.3 is 10.2 Å². The van der Waals surface area contributed by atoms with Crippen LogP contribution in [0.15, 0.2) is 30.3 Å². The van der Waals surface area contributed by atoms with Crippen molar-refractivity contribution in [3.63, 3.8) is 0 Å². The molecule has 0 unspecified atom stereocenters. The van der Waals surface area contributed by atoms with E-state index >= 15 is 0 Å². The van der Waals surface area contributed by atoms with Crippen molar-refractivity contribution in [3.05, 3.63) is 35.9 Å². The van der Waals surface area contributed by atoms with Gasteiger partial charge in [-0.2, -0.15) is 0 Å². The number of piperazine rings is 1. The second-order valence-corrected chi connectivity index (χ2v) is 7.36. The third-order valence-corrected chi connectivity index (χ3v) is 5.33. The summed E-state index contributed by atoms with van der Waals surface area (Å²) in [7, 11) is 0. The number of rotatable bonds is 6. The van der Waals surface area contributed by atoms with Crippen molar-refractivity contribution < 1.29 is 9.59 Å². The average Bonchev–Trinajstić information content (AvgIpc) is 3.14. The summed E-state index contributed by atoms with van der Waals surface area (Å²) < 4.78 is 0. The van der Waals surface area contributed by atoms with Crippen molar-refractivity contribution >= 4 is 11.9 Å². The first-order valence-corrected chi connectivity index (χ1v) is 9.78. The molecule has 2 aliphatic rings. The maximum absolute atomic E-state index is 12.1. The van der Waals surface area contributed by atoms with Gasteiger partial charge in [-0.3, -0.25) is 15.0 Å². The molecule has 142 valence electrons. The van der Waals surface area contributed by atoms with Crippen LogP contribution in [-0.4, -0.2) is 67.0 Å². The molecule has 1 aliphatic heterocycles. The largest absolute Gasteiger partial charge is 0.335 e. The van der Waals surface area contributed by atoms with Gasteiger partial charge >= 0.3 is 6.03 Å². The maximum atomic E-state index is 12.1. The molecule has 2 N–H and O–H groups in total. The zero-order valence-electron chi connectivity index (χ0n) is 15.5. The highest BCUT2D eigenvalue weighted by atomic mass is 16.2. The summed E-state index contributed by atoms with van der Waals surface area (Å²) in [6, 6.07) is 10.4. The summed E-state index contributed by atoms with van der Waals surface area (Å²) >= 11 is 0. The van der Waals surface area contributed by atoms with Crippen LogP contribution in [0.1, 0.15) is 31.2 Å². The topological polar surface area (TPSA) is 64.7 Å². The number of urea groups is 1. The highest BCUT2D eigenvalue weighted by molar-refractivity contribution is 5.95. The molecule has 1 aliphatic carbocycles. The van der Waals surface area contributed by atoms with E-state index < -0.39 is 0 Å². The molecule has 1 heterocycles. The lowest BCUT2D eigenvalue weighted by Crippen LogP contribution is -2.51. The lowest BCUT2D eigenvalue weighted by atomic mass is 10.1. The first-order chi connectivity index (χ1) is 12.7. The number of carbonyl (C=O) groups excluding carboxylic acids is 2. The Hall–Kier alpha value is -1.92. The lowest BCUT2D eigenvalue weighted by molar-refractivity contribution is -0.121. The fourth-order valence-corrected chi connectivity index (χ4v) is 3.76. The van der Waals surface area contributed by atoms with Crippen molar-refractivity contribution in [3.8, 4) is 0 Å². The summed E-state index contributed by atoms with van der Waals surface area (Å²) in [5, 5.41) is 5.36. The maximum Gasteiger partial charge on any atom is 0.321 e. The standard InChI is InChI=1S/C20H30N4O2/c25-19(22-20(26)21-18-8-4-5-9-18)16-24-14-12-23(13-15-24)11-10-17-6-2-1-3-7-17/h1-3,6-7,18H,4-5,8-16H2,(H2,21,22,25,26). The van der Waals surface area contributed by atoms with E-state index in [0.717, 1.165) is 64.8 Å². The van der Waals surface area contributed by atoms with Crippen molar-refractivity contribution in [2.24, 2.45) is 0 Å². The molecule has 2 fully saturated rings. The molecule has 0 spiro atoms. The Kier molecular flexibility index (Phi) is 7.03. The molecule has 1 saturated heterocycles. The minimum absolute atomic E-state index is 0.210. The van der Waals surface area contributed by atoms with Gasteiger partial charge in [-0.05, 0) is 24.8 Å². The fraction of sp³-hybridized carbons (Fsp3) is 0.600. The Morgan fingerprint density at radius 3 is 2.31 bits per heavy atom. The van der Waals surface area contributed by atoms with Crippen LogP contribution >= 0.6 is 0 Å². The van der Waals surface area contributed by atoms with Gasteiger partial charge in [-0.25, -0.2) is 4.79 Å². The van der Waals surface area contributed by atoms with E-state index in [1.807, 2.05) is 6.07 Å². The third kappa shape index (κ3) is 6.11. The second kappa shape index (κ2) is 9.69. The number of nitrogens with one attached hydrogen (secondary N) is 2. The number of hydrogen-bond acceptors (Lipinski definition) is 4. The van der Waals surface area contributed by atoms with Crippen LogP contribution < -0.4 is 10.6 Å². The summed E-state index contributed by atoms with van der Waals surface area (Å²) in [5.74, 6) is -0.210. The Balaban J connectivity index is 1.30. The van der Waals surface area contributed by atoms with Crippen LogP contribution in [0.2, 0.25) is 0 Å². The van der Waals surface area contributed by atoms with E-state index in [-0.39, 0.29) is 18.0 Å². The first kappa shape index (κ1) is 18.9. The van der Waals surface area contributed by atoms with Gasteiger partial charge in [0.2, 0.25) is 5.91 Å². The minimum atomic E-state index is -0.344. The molecule has 0 radical (unpaired) electrons. The highest BCUT2D eigenvalue weighted by Crippen LogP contribution is 2.17. The third-order valence-electron chi connectivity index (χ3n) is 5.33. The monoisotopic (exact) mass is 358 g/mol. The number of nitrogens with zero attached hydrogens (tertiary/aromatic N) is 2. The highest BCUT2D eigenvalue weighted by Gasteiger charge is 2.21. The fourth-order valence-electron chi connectivity index (χ4n) is 3.76. The number of benzene rings is 1. The van der Waals surface area contributed by atoms with E-state index in [2.05, 4.69) is 44.7 Å². The van der Waals surface area contributed by atoms with E-state index in [1.54, 1.807) is 0 Å². The van der Waals surface area contributed by atoms with Crippen LogP contribution in [0.4, 0.5) is 4.79 Å². The summed E-state index contributed by atoms with van der Waals surface area (Å²) in [4.78, 5) is 28.5. The molecule has 1 saturated carbocycles. The summed E-state index contributed by atoms with van der Waals surface area (Å²) in [6.07, 6.45) is 5.42. The van der Waals surface area contributed by atoms with E-state index in [4.69, 9.17) is 0 Å². The Labute approximate surface area is 155 Å². The SMILES string of the molecule is O=C(CN1CCN(CCc2ccccc2)CC1)NC(=O)NC1CCCC1. The summed E-state index contributed by atoms with van der Waals surface area (Å²) in [5.41, 5.74) is 1.36. The van der Waals surface area contributed by atoms with Crippen LogP contribution in [0.5, 0.6) is 0 Å². The second-order valence-electron chi connectivity index (χ2n) is 7.36. The van der Waals surface area contributed by atoms with Crippen LogP contribution in [-0.2, 0) is 11.2 Å². The number of imide groups is 1. The Morgan fingerprint density at radius 1 is 0.962 bits per heavy atom. The van der Waals surface area contributed by atoms with E-state index in [0.29, 0.717) is 6.54 Å². The lowest BCUT2D eigenvalue weighted by Gasteiger charge is -2.34. The zero-order chi connectivity index (χ0) is 18.2. The molecule has 1 aromatic carbocycles. The normalized spacial score (nSPS) is 19.4. The molecule has 6 heteroatoms. The van der Waals surface area contributed by atoms with E-state index in [9.17, 15) is 9.59 Å². The van der Waals surface area contributed by atoms with Gasteiger partial charge in [0.05, 0.1) is 6.54 Å². The van der Waals surface area contributed by atoms with Gasteiger partial charge in [0.15, 0.2) is 0 Å². The molecular formula is C20H30N4O2. The predicted octanol–water partition coefficient (Wildman–Crippen LogP) is 1.62. The number of carbonyl (C=O) groups is 2. The molecule has 3 amide bonds. The smallest absolute Gasteiger partial charge is 0.321 e. The Morgan fingerprint density at radius 2 is 1.62 bits per heavy atom. The molecule has 0 atom stereocenters. The van der Waals surface area contributed by atoms with Gasteiger partial charge in [0.1, 0.15) is 0 Å². The van der Waals surface area contributed by atoms with Crippen molar-refractivity contribution in [1.82, 2.24) is 20.4 Å². The quantitative estimate of drug-likeness (QED) is 0.811. The zero-order valence-corrected chi connectivity index (χ0v) is 15.5. The number of hydrogen-bond donors (Lipinski definition) is 2. The van der Waals surface area contributed by atoms with Crippen molar-refractivity contribution in [2.75, 3.05) is 39.3 Å². The van der Waals surface area contributed by atoms with Crippen molar-refractivity contribution in [2.45, 2.75) is 38.1 Å². The van der Waals surface area contributed by atoms with Crippen molar-refractivity contribution in [1.29, 1.82) is 0 Å². The Bertz CT molecular complexity index is 579. The summed E-state index contributed by atoms with van der Waals surface area (Å²) in [6.45, 7) is 5.01. The first-order valence-electron chi connectivity index (χ1n) is 9.78. The molecule has 6 nitrogen and oxygen atoms in total. The molecule has 1 aromatic rings. The van der Waals surface area contributed by atoms with Crippen LogP contribution in [0.25, 0.3) is 0 Å². The molecule has 26 heavy (non-hydrogen) atoms. The van der Waals surface area contributed by atoms with Crippen LogP contribution in [0.3, 0.4) is 0 Å². The van der Waals surface area contributed by atoms with Gasteiger partial charge in [-0.15, -0.1) is 0 Å². The number of amides is 3. The van der Waals surface area contributed by atoms with E-state index in [1.165, 1.54) is 5.56 Å². The molecule has 0 aromatic heterocycles. The molecule has 0 bridgehead atoms. The van der Waals surface area contributed by atoms with Gasteiger partial charge in [0, 0.05) is 38.8 Å². The molecular weight excluding hydrogens is 328 g/mol.